The van der Waals surface area contributed by atoms with E-state index in [0.717, 1.165) is 53.7 Å². The van der Waals surface area contributed by atoms with E-state index in [2.05, 4.69) is 27.5 Å². The summed E-state index contributed by atoms with van der Waals surface area (Å²) in [6, 6.07) is 25.8. The zero-order valence-corrected chi connectivity index (χ0v) is 21.0. The quantitative estimate of drug-likeness (QED) is 0.345. The van der Waals surface area contributed by atoms with E-state index >= 15 is 0 Å². The van der Waals surface area contributed by atoms with Crippen LogP contribution >= 0.6 is 0 Å². The van der Waals surface area contributed by atoms with Gasteiger partial charge in [-0.2, -0.15) is 10.2 Å². The first-order valence-corrected chi connectivity index (χ1v) is 12.3. The maximum Gasteiger partial charge on any atom is 0.122 e. The molecular formula is C29H34N4O3. The highest BCUT2D eigenvalue weighted by Gasteiger charge is 2.21. The van der Waals surface area contributed by atoms with E-state index in [1.807, 2.05) is 92.1 Å². The third kappa shape index (κ3) is 7.66. The van der Waals surface area contributed by atoms with Crippen molar-refractivity contribution >= 4 is 11.9 Å². The average molecular weight is 487 g/mol. The Morgan fingerprint density at radius 2 is 1.42 bits per heavy atom. The standard InChI is InChI=1S/C29H34N4O3/c1-30-16-17-33(2)21-25-20-31-32-29(25)24-8-10-26(11-9-24)34-18-19-35-27-12-14-28(15-13-27)36-22-23-6-4-3-5-7-23/h3-15,20,25,30H,16-19,21-22H2,1-2H3. The summed E-state index contributed by atoms with van der Waals surface area (Å²) in [5, 5.41) is 11.7. The normalized spacial score (nSPS) is 14.6. The Morgan fingerprint density at radius 1 is 0.806 bits per heavy atom. The molecule has 0 amide bonds. The Bertz CT molecular complexity index is 1120. The number of rotatable bonds is 14. The number of hydrogen-bond acceptors (Lipinski definition) is 7. The number of benzene rings is 3. The van der Waals surface area contributed by atoms with Gasteiger partial charge in [-0.3, -0.25) is 0 Å². The second-order valence-electron chi connectivity index (χ2n) is 8.69. The van der Waals surface area contributed by atoms with Crippen molar-refractivity contribution in [1.29, 1.82) is 0 Å². The van der Waals surface area contributed by atoms with E-state index in [1.54, 1.807) is 0 Å². The van der Waals surface area contributed by atoms with Crippen molar-refractivity contribution in [3.63, 3.8) is 0 Å². The molecule has 0 fully saturated rings. The van der Waals surface area contributed by atoms with Crippen LogP contribution < -0.4 is 19.5 Å². The van der Waals surface area contributed by atoms with Gasteiger partial charge in [-0.15, -0.1) is 0 Å². The highest BCUT2D eigenvalue weighted by molar-refractivity contribution is 6.12. The van der Waals surface area contributed by atoms with Gasteiger partial charge in [0.15, 0.2) is 0 Å². The maximum absolute atomic E-state index is 5.86. The van der Waals surface area contributed by atoms with Crippen molar-refractivity contribution in [2.45, 2.75) is 6.61 Å². The summed E-state index contributed by atoms with van der Waals surface area (Å²) in [5.74, 6) is 2.59. The molecule has 1 heterocycles. The van der Waals surface area contributed by atoms with Crippen molar-refractivity contribution in [3.8, 4) is 17.2 Å². The lowest BCUT2D eigenvalue weighted by Crippen LogP contribution is -2.34. The zero-order chi connectivity index (χ0) is 25.0. The SMILES string of the molecule is CNCCN(C)CC1C=NN=C1c1ccc(OCCOc2ccc(OCc3ccccc3)cc2)cc1. The van der Waals surface area contributed by atoms with Gasteiger partial charge in [0.1, 0.15) is 37.1 Å². The van der Waals surface area contributed by atoms with Gasteiger partial charge < -0.3 is 24.4 Å². The van der Waals surface area contributed by atoms with Gasteiger partial charge in [-0.05, 0) is 73.8 Å². The molecule has 1 aliphatic rings. The van der Waals surface area contributed by atoms with Crippen LogP contribution in [-0.4, -0.2) is 63.8 Å². The molecule has 4 rings (SSSR count). The highest BCUT2D eigenvalue weighted by Crippen LogP contribution is 2.20. The monoisotopic (exact) mass is 486 g/mol. The molecule has 0 aliphatic carbocycles. The first kappa shape index (κ1) is 25.4. The molecular weight excluding hydrogens is 452 g/mol. The number of nitrogens with zero attached hydrogens (tertiary/aromatic N) is 3. The molecule has 1 aliphatic heterocycles. The number of nitrogens with one attached hydrogen (secondary N) is 1. The fourth-order valence-corrected chi connectivity index (χ4v) is 3.87. The second-order valence-corrected chi connectivity index (χ2v) is 8.69. The van der Waals surface area contributed by atoms with Crippen LogP contribution in [0.1, 0.15) is 11.1 Å². The molecule has 0 saturated carbocycles. The lowest BCUT2D eigenvalue weighted by Gasteiger charge is -2.20. The van der Waals surface area contributed by atoms with Gasteiger partial charge >= 0.3 is 0 Å². The first-order chi connectivity index (χ1) is 17.7. The van der Waals surface area contributed by atoms with Crippen LogP contribution in [0.3, 0.4) is 0 Å². The van der Waals surface area contributed by atoms with E-state index in [0.29, 0.717) is 19.8 Å². The Kier molecular flexibility index (Phi) is 9.47. The second kappa shape index (κ2) is 13.4. The summed E-state index contributed by atoms with van der Waals surface area (Å²) in [6.07, 6.45) is 1.93. The molecule has 0 radical (unpaired) electrons. The fourth-order valence-electron chi connectivity index (χ4n) is 3.87. The van der Waals surface area contributed by atoms with Crippen LogP contribution in [0.5, 0.6) is 17.2 Å². The maximum atomic E-state index is 5.86. The van der Waals surface area contributed by atoms with Crippen LogP contribution in [0.15, 0.2) is 89.1 Å². The predicted molar refractivity (Wildman–Crippen MR) is 145 cm³/mol. The van der Waals surface area contributed by atoms with Crippen LogP contribution in [-0.2, 0) is 6.61 Å². The number of hydrogen-bond donors (Lipinski definition) is 1. The number of ether oxygens (including phenoxy) is 3. The summed E-state index contributed by atoms with van der Waals surface area (Å²) in [4.78, 5) is 2.29. The predicted octanol–water partition coefficient (Wildman–Crippen LogP) is 4.28. The Labute approximate surface area is 213 Å². The smallest absolute Gasteiger partial charge is 0.122 e. The van der Waals surface area contributed by atoms with Gasteiger partial charge in [0.05, 0.1) is 11.6 Å². The third-order valence-corrected chi connectivity index (χ3v) is 5.86. The largest absolute Gasteiger partial charge is 0.490 e. The van der Waals surface area contributed by atoms with E-state index < -0.39 is 0 Å². The van der Waals surface area contributed by atoms with Gasteiger partial charge in [-0.1, -0.05) is 30.3 Å². The van der Waals surface area contributed by atoms with Crippen molar-refractivity contribution in [2.24, 2.45) is 16.1 Å². The lowest BCUT2D eigenvalue weighted by atomic mass is 9.97. The van der Waals surface area contributed by atoms with E-state index in [4.69, 9.17) is 14.2 Å². The molecule has 0 aromatic heterocycles. The average Bonchev–Trinajstić information content (AvgIpc) is 3.38. The van der Waals surface area contributed by atoms with Crippen LogP contribution in [0, 0.1) is 5.92 Å². The van der Waals surface area contributed by atoms with Crippen molar-refractivity contribution in [3.05, 3.63) is 90.0 Å². The van der Waals surface area contributed by atoms with Crippen molar-refractivity contribution in [1.82, 2.24) is 10.2 Å². The van der Waals surface area contributed by atoms with E-state index in [9.17, 15) is 0 Å². The van der Waals surface area contributed by atoms with Crippen LogP contribution in [0.25, 0.3) is 0 Å². The van der Waals surface area contributed by atoms with Gasteiger partial charge in [0.2, 0.25) is 0 Å². The van der Waals surface area contributed by atoms with Gasteiger partial charge in [0.25, 0.3) is 0 Å². The molecule has 0 bridgehead atoms. The molecule has 36 heavy (non-hydrogen) atoms. The summed E-state index contributed by atoms with van der Waals surface area (Å²) in [7, 11) is 4.09. The summed E-state index contributed by atoms with van der Waals surface area (Å²) < 4.78 is 17.5. The van der Waals surface area contributed by atoms with Crippen molar-refractivity contribution < 1.29 is 14.2 Å². The molecule has 3 aromatic rings. The van der Waals surface area contributed by atoms with Crippen LogP contribution in [0.2, 0.25) is 0 Å². The van der Waals surface area contributed by atoms with E-state index in [-0.39, 0.29) is 5.92 Å². The molecule has 0 saturated heterocycles. The third-order valence-electron chi connectivity index (χ3n) is 5.86. The topological polar surface area (TPSA) is 67.7 Å². The molecule has 7 nitrogen and oxygen atoms in total. The Hall–Kier alpha value is -3.68. The lowest BCUT2D eigenvalue weighted by molar-refractivity contribution is 0.217. The Morgan fingerprint density at radius 3 is 2.06 bits per heavy atom. The molecule has 3 aromatic carbocycles. The number of likely N-dealkylation sites (N-methyl/N-ethyl adjacent to an activating group) is 2. The van der Waals surface area contributed by atoms with Crippen molar-refractivity contribution in [2.75, 3.05) is 46.9 Å². The summed E-state index contributed by atoms with van der Waals surface area (Å²) >= 11 is 0. The summed E-state index contributed by atoms with van der Waals surface area (Å²) in [5.41, 5.74) is 3.20. The van der Waals surface area contributed by atoms with E-state index in [1.165, 1.54) is 0 Å². The Balaban J connectivity index is 1.17. The van der Waals surface area contributed by atoms with Gasteiger partial charge in [0, 0.05) is 25.8 Å². The molecule has 1 unspecified atom stereocenters. The summed E-state index contributed by atoms with van der Waals surface area (Å²) in [6.45, 7) is 4.27. The van der Waals surface area contributed by atoms with Crippen LogP contribution in [0.4, 0.5) is 0 Å². The minimum absolute atomic E-state index is 0.196. The molecule has 188 valence electrons. The highest BCUT2D eigenvalue weighted by atomic mass is 16.5. The molecule has 1 N–H and O–H groups in total. The molecule has 7 heteroatoms. The van der Waals surface area contributed by atoms with Gasteiger partial charge in [-0.25, -0.2) is 0 Å². The molecule has 0 spiro atoms. The minimum atomic E-state index is 0.196. The minimum Gasteiger partial charge on any atom is -0.490 e. The zero-order valence-electron chi connectivity index (χ0n) is 21.0. The fraction of sp³-hybridized carbons (Fsp3) is 0.310. The molecule has 1 atom stereocenters. The first-order valence-electron chi connectivity index (χ1n) is 12.3.